The molecule has 0 aliphatic carbocycles. The normalized spacial score (nSPS) is 10.4. The summed E-state index contributed by atoms with van der Waals surface area (Å²) >= 11 is 0. The maximum Gasteiger partial charge on any atom is 0.227 e. The van der Waals surface area contributed by atoms with E-state index in [9.17, 15) is 4.79 Å². The average Bonchev–Trinajstić information content (AvgIpc) is 2.51. The summed E-state index contributed by atoms with van der Waals surface area (Å²) in [6.07, 6.45) is 0.445. The second-order valence-corrected chi connectivity index (χ2v) is 5.70. The number of hydrogen-bond donors (Lipinski definition) is 0. The van der Waals surface area contributed by atoms with Gasteiger partial charge in [0.2, 0.25) is 5.91 Å². The summed E-state index contributed by atoms with van der Waals surface area (Å²) in [5.41, 5.74) is 4.55. The van der Waals surface area contributed by atoms with Gasteiger partial charge in [0.15, 0.2) is 0 Å². The molecule has 0 saturated heterocycles. The molecule has 0 unspecified atom stereocenters. The third kappa shape index (κ3) is 4.10. The molecule has 3 nitrogen and oxygen atoms in total. The molecule has 0 heterocycles. The summed E-state index contributed by atoms with van der Waals surface area (Å²) in [4.78, 5) is 14.2. The second kappa shape index (κ2) is 7.12. The Labute approximate surface area is 132 Å². The minimum absolute atomic E-state index is 0.129. The molecule has 2 aromatic carbocycles. The van der Waals surface area contributed by atoms with Crippen molar-refractivity contribution < 1.29 is 9.53 Å². The number of amides is 1. The molecule has 0 saturated carbocycles. The molecule has 0 N–H and O–H groups in total. The number of nitrogens with zero attached hydrogens (tertiary/aromatic N) is 1. The van der Waals surface area contributed by atoms with Crippen LogP contribution in [0.4, 0.5) is 0 Å². The molecule has 2 aromatic rings. The average molecular weight is 297 g/mol. The van der Waals surface area contributed by atoms with Gasteiger partial charge in [0.05, 0.1) is 13.5 Å². The molecule has 0 bridgehead atoms. The Morgan fingerprint density at radius 1 is 1.09 bits per heavy atom. The molecule has 116 valence electrons. The molecule has 3 heteroatoms. The number of aryl methyl sites for hydroxylation is 2. The first kappa shape index (κ1) is 16.1. The maximum atomic E-state index is 12.4. The molecule has 0 atom stereocenters. The van der Waals surface area contributed by atoms with Crippen LogP contribution in [0.2, 0.25) is 0 Å². The maximum absolute atomic E-state index is 12.4. The first-order valence-electron chi connectivity index (χ1n) is 7.42. The van der Waals surface area contributed by atoms with Crippen molar-refractivity contribution in [1.82, 2.24) is 4.90 Å². The van der Waals surface area contributed by atoms with Crippen LogP contribution in [0.3, 0.4) is 0 Å². The molecule has 0 radical (unpaired) electrons. The van der Waals surface area contributed by atoms with Crippen molar-refractivity contribution in [3.8, 4) is 5.75 Å². The predicted octanol–water partition coefficient (Wildman–Crippen LogP) is 3.51. The zero-order valence-electron chi connectivity index (χ0n) is 13.7. The SMILES string of the molecule is COc1ccc(CN(C)C(=O)Cc2cc(C)ccc2C)cc1. The molecule has 1 amide bonds. The number of ether oxygens (including phenoxy) is 1. The summed E-state index contributed by atoms with van der Waals surface area (Å²) < 4.78 is 5.14. The fourth-order valence-electron chi connectivity index (χ4n) is 2.38. The number of carbonyl (C=O) groups excluding carboxylic acids is 1. The molecule has 0 aliphatic rings. The van der Waals surface area contributed by atoms with E-state index in [1.54, 1.807) is 12.0 Å². The van der Waals surface area contributed by atoms with Crippen LogP contribution < -0.4 is 4.74 Å². The van der Waals surface area contributed by atoms with Crippen molar-refractivity contribution in [2.75, 3.05) is 14.2 Å². The van der Waals surface area contributed by atoms with Crippen molar-refractivity contribution in [2.24, 2.45) is 0 Å². The Bertz CT molecular complexity index is 647. The summed E-state index contributed by atoms with van der Waals surface area (Å²) in [5.74, 6) is 0.956. The third-order valence-electron chi connectivity index (χ3n) is 3.85. The van der Waals surface area contributed by atoms with Crippen LogP contribution in [0.25, 0.3) is 0 Å². The van der Waals surface area contributed by atoms with Gasteiger partial charge < -0.3 is 9.64 Å². The van der Waals surface area contributed by atoms with Gasteiger partial charge in [0.1, 0.15) is 5.75 Å². The van der Waals surface area contributed by atoms with Gasteiger partial charge in [-0.05, 0) is 42.7 Å². The third-order valence-corrected chi connectivity index (χ3v) is 3.85. The lowest BCUT2D eigenvalue weighted by molar-refractivity contribution is -0.129. The first-order chi connectivity index (χ1) is 10.5. The van der Waals surface area contributed by atoms with Crippen LogP contribution in [-0.4, -0.2) is 25.0 Å². The van der Waals surface area contributed by atoms with Gasteiger partial charge in [-0.15, -0.1) is 0 Å². The summed E-state index contributed by atoms with van der Waals surface area (Å²) in [6, 6.07) is 14.0. The number of methoxy groups -OCH3 is 1. The Hall–Kier alpha value is -2.29. The van der Waals surface area contributed by atoms with Crippen LogP contribution in [0.5, 0.6) is 5.75 Å². The van der Waals surface area contributed by atoms with Crippen molar-refractivity contribution in [2.45, 2.75) is 26.8 Å². The van der Waals surface area contributed by atoms with Gasteiger partial charge in [-0.2, -0.15) is 0 Å². The number of rotatable bonds is 5. The summed E-state index contributed by atoms with van der Waals surface area (Å²) in [6.45, 7) is 4.70. The molecular weight excluding hydrogens is 274 g/mol. The van der Waals surface area contributed by atoms with Gasteiger partial charge in [-0.3, -0.25) is 4.79 Å². The van der Waals surface area contributed by atoms with E-state index in [1.807, 2.05) is 38.2 Å². The van der Waals surface area contributed by atoms with Crippen LogP contribution in [0.15, 0.2) is 42.5 Å². The smallest absolute Gasteiger partial charge is 0.227 e. The van der Waals surface area contributed by atoms with E-state index in [1.165, 1.54) is 5.56 Å². The summed E-state index contributed by atoms with van der Waals surface area (Å²) in [7, 11) is 3.49. The van der Waals surface area contributed by atoms with Gasteiger partial charge in [0, 0.05) is 13.6 Å². The molecule has 2 rings (SSSR count). The highest BCUT2D eigenvalue weighted by Gasteiger charge is 2.12. The second-order valence-electron chi connectivity index (χ2n) is 5.70. The quantitative estimate of drug-likeness (QED) is 0.845. The van der Waals surface area contributed by atoms with Gasteiger partial charge in [0.25, 0.3) is 0 Å². The highest BCUT2D eigenvalue weighted by Crippen LogP contribution is 2.15. The number of benzene rings is 2. The molecule has 0 aliphatic heterocycles. The first-order valence-corrected chi connectivity index (χ1v) is 7.42. The lowest BCUT2D eigenvalue weighted by atomic mass is 10.0. The minimum Gasteiger partial charge on any atom is -0.497 e. The molecule has 0 spiro atoms. The Kier molecular flexibility index (Phi) is 5.21. The van der Waals surface area contributed by atoms with E-state index in [-0.39, 0.29) is 5.91 Å². The predicted molar refractivity (Wildman–Crippen MR) is 89.1 cm³/mol. The van der Waals surface area contributed by atoms with Crippen molar-refractivity contribution in [3.05, 3.63) is 64.7 Å². The molecule has 22 heavy (non-hydrogen) atoms. The van der Waals surface area contributed by atoms with E-state index in [2.05, 4.69) is 25.1 Å². The van der Waals surface area contributed by atoms with E-state index in [4.69, 9.17) is 4.74 Å². The highest BCUT2D eigenvalue weighted by molar-refractivity contribution is 5.79. The zero-order chi connectivity index (χ0) is 16.1. The Balaban J connectivity index is 2.00. The Morgan fingerprint density at radius 3 is 2.41 bits per heavy atom. The van der Waals surface area contributed by atoms with Crippen LogP contribution in [0, 0.1) is 13.8 Å². The van der Waals surface area contributed by atoms with Gasteiger partial charge in [-0.1, -0.05) is 35.9 Å². The minimum atomic E-state index is 0.129. The lowest BCUT2D eigenvalue weighted by Crippen LogP contribution is -2.27. The number of hydrogen-bond acceptors (Lipinski definition) is 2. The van der Waals surface area contributed by atoms with Crippen LogP contribution in [0.1, 0.15) is 22.3 Å². The molecular formula is C19H23NO2. The lowest BCUT2D eigenvalue weighted by Gasteiger charge is -2.18. The fraction of sp³-hybridized carbons (Fsp3) is 0.316. The van der Waals surface area contributed by atoms with Crippen LogP contribution >= 0.6 is 0 Å². The molecule has 0 aromatic heterocycles. The largest absolute Gasteiger partial charge is 0.497 e. The molecule has 0 fully saturated rings. The number of carbonyl (C=O) groups is 1. The summed E-state index contributed by atoms with van der Waals surface area (Å²) in [5, 5.41) is 0. The van der Waals surface area contributed by atoms with E-state index >= 15 is 0 Å². The Morgan fingerprint density at radius 2 is 1.77 bits per heavy atom. The number of likely N-dealkylation sites (N-methyl/N-ethyl adjacent to an activating group) is 1. The van der Waals surface area contributed by atoms with E-state index in [0.717, 1.165) is 22.4 Å². The van der Waals surface area contributed by atoms with E-state index in [0.29, 0.717) is 13.0 Å². The monoisotopic (exact) mass is 297 g/mol. The van der Waals surface area contributed by atoms with E-state index < -0.39 is 0 Å². The van der Waals surface area contributed by atoms with Crippen molar-refractivity contribution in [1.29, 1.82) is 0 Å². The van der Waals surface area contributed by atoms with Crippen LogP contribution in [-0.2, 0) is 17.8 Å². The van der Waals surface area contributed by atoms with Gasteiger partial charge >= 0.3 is 0 Å². The zero-order valence-corrected chi connectivity index (χ0v) is 13.7. The van der Waals surface area contributed by atoms with Crippen molar-refractivity contribution >= 4 is 5.91 Å². The highest BCUT2D eigenvalue weighted by atomic mass is 16.5. The van der Waals surface area contributed by atoms with Gasteiger partial charge in [-0.25, -0.2) is 0 Å². The van der Waals surface area contributed by atoms with Crippen molar-refractivity contribution in [3.63, 3.8) is 0 Å². The standard InChI is InChI=1S/C19H23NO2/c1-14-5-6-15(2)17(11-14)12-19(21)20(3)13-16-7-9-18(22-4)10-8-16/h5-11H,12-13H2,1-4H3. The topological polar surface area (TPSA) is 29.5 Å². The fourth-order valence-corrected chi connectivity index (χ4v) is 2.38.